The fraction of sp³-hybridized carbons (Fsp3) is 0.0714. The summed E-state index contributed by atoms with van der Waals surface area (Å²) in [5.41, 5.74) is 1.69. The summed E-state index contributed by atoms with van der Waals surface area (Å²) in [6.07, 6.45) is 3.07. The highest BCUT2D eigenvalue weighted by molar-refractivity contribution is 5.84. The number of carboxylic acids is 1. The average molecular weight is 284 g/mol. The molecule has 0 saturated heterocycles. The maximum absolute atomic E-state index is 10.8. The average Bonchev–Trinajstić information content (AvgIpc) is 3.17. The van der Waals surface area contributed by atoms with Crippen molar-refractivity contribution in [1.82, 2.24) is 14.8 Å². The van der Waals surface area contributed by atoms with E-state index in [4.69, 9.17) is 9.52 Å². The van der Waals surface area contributed by atoms with Crippen LogP contribution in [0.5, 0.6) is 0 Å². The summed E-state index contributed by atoms with van der Waals surface area (Å²) in [5.74, 6) is -0.610. The van der Waals surface area contributed by atoms with Gasteiger partial charge in [0.05, 0.1) is 17.9 Å². The highest BCUT2D eigenvalue weighted by Gasteiger charge is 2.09. The van der Waals surface area contributed by atoms with Gasteiger partial charge in [0.1, 0.15) is 18.4 Å². The smallest absolute Gasteiger partial charge is 0.371 e. The Balaban J connectivity index is 1.77. The second-order valence-electron chi connectivity index (χ2n) is 4.28. The van der Waals surface area contributed by atoms with Gasteiger partial charge in [0.25, 0.3) is 0 Å². The molecule has 0 amide bonds. The van der Waals surface area contributed by atoms with Crippen molar-refractivity contribution in [3.8, 4) is 5.69 Å². The van der Waals surface area contributed by atoms with E-state index in [0.29, 0.717) is 12.3 Å². The summed E-state index contributed by atoms with van der Waals surface area (Å²) in [7, 11) is 0. The highest BCUT2D eigenvalue weighted by Crippen LogP contribution is 2.20. The summed E-state index contributed by atoms with van der Waals surface area (Å²) >= 11 is 0. The number of aromatic nitrogens is 3. The van der Waals surface area contributed by atoms with E-state index < -0.39 is 5.97 Å². The minimum absolute atomic E-state index is 0.0728. The van der Waals surface area contributed by atoms with E-state index in [0.717, 1.165) is 11.4 Å². The molecule has 0 aliphatic carbocycles. The Labute approximate surface area is 119 Å². The molecule has 7 nitrogen and oxygen atoms in total. The van der Waals surface area contributed by atoms with Crippen LogP contribution in [-0.2, 0) is 6.54 Å². The van der Waals surface area contributed by atoms with Gasteiger partial charge in [-0.05, 0) is 24.3 Å². The molecule has 3 aromatic rings. The molecule has 0 radical (unpaired) electrons. The van der Waals surface area contributed by atoms with Crippen LogP contribution in [0.25, 0.3) is 5.69 Å². The largest absolute Gasteiger partial charge is 0.475 e. The normalized spacial score (nSPS) is 10.5. The first kappa shape index (κ1) is 12.9. The van der Waals surface area contributed by atoms with Crippen molar-refractivity contribution >= 4 is 11.7 Å². The first-order valence-electron chi connectivity index (χ1n) is 6.24. The molecule has 106 valence electrons. The zero-order valence-electron chi connectivity index (χ0n) is 10.9. The summed E-state index contributed by atoms with van der Waals surface area (Å²) < 4.78 is 6.85. The lowest BCUT2D eigenvalue weighted by Crippen LogP contribution is -2.04. The number of anilines is 1. The van der Waals surface area contributed by atoms with E-state index >= 15 is 0 Å². The molecule has 3 rings (SSSR count). The number of furan rings is 1. The molecule has 0 saturated carbocycles. The van der Waals surface area contributed by atoms with E-state index in [-0.39, 0.29) is 5.76 Å². The predicted molar refractivity (Wildman–Crippen MR) is 74.4 cm³/mol. The van der Waals surface area contributed by atoms with Gasteiger partial charge in [-0.25, -0.2) is 14.5 Å². The summed E-state index contributed by atoms with van der Waals surface area (Å²) in [4.78, 5) is 14.7. The van der Waals surface area contributed by atoms with Gasteiger partial charge in [-0.2, -0.15) is 5.10 Å². The third-order valence-electron chi connectivity index (χ3n) is 2.90. The Morgan fingerprint density at radius 3 is 2.86 bits per heavy atom. The zero-order chi connectivity index (χ0) is 14.7. The van der Waals surface area contributed by atoms with Crippen molar-refractivity contribution < 1.29 is 14.3 Å². The minimum Gasteiger partial charge on any atom is -0.475 e. The van der Waals surface area contributed by atoms with Gasteiger partial charge in [-0.3, -0.25) is 0 Å². The molecule has 7 heteroatoms. The van der Waals surface area contributed by atoms with E-state index in [9.17, 15) is 4.79 Å². The Hall–Kier alpha value is -3.09. The Kier molecular flexibility index (Phi) is 3.38. The van der Waals surface area contributed by atoms with Crippen LogP contribution >= 0.6 is 0 Å². The molecule has 21 heavy (non-hydrogen) atoms. The van der Waals surface area contributed by atoms with Gasteiger partial charge in [0.2, 0.25) is 5.76 Å². The van der Waals surface area contributed by atoms with E-state index in [2.05, 4.69) is 15.4 Å². The quantitative estimate of drug-likeness (QED) is 0.745. The second-order valence-corrected chi connectivity index (χ2v) is 4.28. The molecule has 0 fully saturated rings. The summed E-state index contributed by atoms with van der Waals surface area (Å²) in [6, 6.07) is 10.7. The first-order chi connectivity index (χ1) is 10.2. The topological polar surface area (TPSA) is 93.2 Å². The van der Waals surface area contributed by atoms with E-state index in [1.54, 1.807) is 17.1 Å². The van der Waals surface area contributed by atoms with Gasteiger partial charge in [-0.1, -0.05) is 12.1 Å². The Morgan fingerprint density at radius 1 is 1.29 bits per heavy atom. The van der Waals surface area contributed by atoms with Crippen LogP contribution < -0.4 is 5.32 Å². The Morgan fingerprint density at radius 2 is 2.14 bits per heavy atom. The number of para-hydroxylation sites is 2. The number of nitrogens with zero attached hydrogens (tertiary/aromatic N) is 3. The maximum atomic E-state index is 10.8. The van der Waals surface area contributed by atoms with Crippen LogP contribution in [0.15, 0.2) is 53.5 Å². The van der Waals surface area contributed by atoms with Gasteiger partial charge < -0.3 is 14.8 Å². The first-order valence-corrected chi connectivity index (χ1v) is 6.24. The third kappa shape index (κ3) is 2.76. The van der Waals surface area contributed by atoms with Gasteiger partial charge in [-0.15, -0.1) is 0 Å². The van der Waals surface area contributed by atoms with Crippen LogP contribution in [0, 0.1) is 0 Å². The van der Waals surface area contributed by atoms with Crippen LogP contribution in [0.3, 0.4) is 0 Å². The van der Waals surface area contributed by atoms with Gasteiger partial charge >= 0.3 is 5.97 Å². The molecule has 2 aromatic heterocycles. The lowest BCUT2D eigenvalue weighted by molar-refractivity contribution is 0.0660. The van der Waals surface area contributed by atoms with Crippen molar-refractivity contribution in [3.63, 3.8) is 0 Å². The molecule has 0 unspecified atom stereocenters. The van der Waals surface area contributed by atoms with Crippen LogP contribution in [-0.4, -0.2) is 25.8 Å². The monoisotopic (exact) mass is 284 g/mol. The number of carbonyl (C=O) groups is 1. The Bertz CT molecular complexity index is 749. The van der Waals surface area contributed by atoms with Crippen molar-refractivity contribution in [2.45, 2.75) is 6.54 Å². The van der Waals surface area contributed by atoms with Crippen LogP contribution in [0.2, 0.25) is 0 Å². The second kappa shape index (κ2) is 5.49. The zero-order valence-corrected chi connectivity index (χ0v) is 10.9. The highest BCUT2D eigenvalue weighted by atomic mass is 16.4. The number of benzene rings is 1. The van der Waals surface area contributed by atoms with E-state index in [1.165, 1.54) is 12.4 Å². The molecule has 2 heterocycles. The minimum atomic E-state index is -1.08. The number of carboxylic acid groups (broad SMARTS) is 1. The van der Waals surface area contributed by atoms with Crippen LogP contribution in [0.4, 0.5) is 5.69 Å². The molecule has 0 aliphatic heterocycles. The van der Waals surface area contributed by atoms with Gasteiger partial charge in [0.15, 0.2) is 0 Å². The number of hydrogen-bond acceptors (Lipinski definition) is 5. The summed E-state index contributed by atoms with van der Waals surface area (Å²) in [5, 5.41) is 16.1. The van der Waals surface area contributed by atoms with E-state index in [1.807, 2.05) is 24.3 Å². The lowest BCUT2D eigenvalue weighted by atomic mass is 10.2. The molecule has 0 spiro atoms. The predicted octanol–water partition coefficient (Wildman–Crippen LogP) is 2.17. The number of nitrogens with one attached hydrogen (secondary N) is 1. The maximum Gasteiger partial charge on any atom is 0.371 e. The molecule has 1 aromatic carbocycles. The van der Waals surface area contributed by atoms with Crippen molar-refractivity contribution in [2.24, 2.45) is 0 Å². The van der Waals surface area contributed by atoms with Crippen molar-refractivity contribution in [1.29, 1.82) is 0 Å². The molecule has 2 N–H and O–H groups in total. The fourth-order valence-corrected chi connectivity index (χ4v) is 1.93. The molecule has 0 aliphatic rings. The van der Waals surface area contributed by atoms with Crippen molar-refractivity contribution in [2.75, 3.05) is 5.32 Å². The van der Waals surface area contributed by atoms with Gasteiger partial charge in [0, 0.05) is 0 Å². The lowest BCUT2D eigenvalue weighted by Gasteiger charge is -2.10. The number of hydrogen-bond donors (Lipinski definition) is 2. The molecule has 0 atom stereocenters. The molecular weight excluding hydrogens is 272 g/mol. The number of aromatic carboxylic acids is 1. The SMILES string of the molecule is O=C(O)c1ccc(CNc2ccccc2-n2cncn2)o1. The van der Waals surface area contributed by atoms with Crippen LogP contribution in [0.1, 0.15) is 16.3 Å². The molecule has 0 bridgehead atoms. The third-order valence-corrected chi connectivity index (χ3v) is 2.90. The summed E-state index contributed by atoms with van der Waals surface area (Å²) in [6.45, 7) is 0.374. The fourth-order valence-electron chi connectivity index (χ4n) is 1.93. The number of rotatable bonds is 5. The molecular formula is C14H12N4O3. The standard InChI is InChI=1S/C14H12N4O3/c19-14(20)13-6-5-10(21-13)7-16-11-3-1-2-4-12(11)18-9-15-8-17-18/h1-6,8-9,16H,7H2,(H,19,20). The van der Waals surface area contributed by atoms with Crippen molar-refractivity contribution in [3.05, 3.63) is 60.6 Å².